The Labute approximate surface area is 229 Å². The van der Waals surface area contributed by atoms with Gasteiger partial charge in [-0.3, -0.25) is 0 Å². The fourth-order valence-corrected chi connectivity index (χ4v) is 6.70. The third-order valence-electron chi connectivity index (χ3n) is 7.97. The number of nitrogens with one attached hydrogen (secondary N) is 1. The van der Waals surface area contributed by atoms with Crippen molar-refractivity contribution in [2.75, 3.05) is 47.6 Å². The predicted octanol–water partition coefficient (Wildman–Crippen LogP) is 4.20. The fourth-order valence-electron chi connectivity index (χ4n) is 5.63. The summed E-state index contributed by atoms with van der Waals surface area (Å²) in [6.07, 6.45) is 5.37. The Morgan fingerprint density at radius 2 is 1.77 bits per heavy atom. The summed E-state index contributed by atoms with van der Waals surface area (Å²) in [5.74, 6) is 1.87. The average molecular weight is 557 g/mol. The number of aliphatic hydroxyl groups is 1. The Morgan fingerprint density at radius 3 is 2.44 bits per heavy atom. The van der Waals surface area contributed by atoms with E-state index in [4.69, 9.17) is 0 Å². The van der Waals surface area contributed by atoms with Gasteiger partial charge in [-0.2, -0.15) is 4.98 Å². The van der Waals surface area contributed by atoms with Crippen LogP contribution in [0.5, 0.6) is 0 Å². The van der Waals surface area contributed by atoms with Crippen molar-refractivity contribution in [3.05, 3.63) is 42.2 Å². The molecule has 2 atom stereocenters. The van der Waals surface area contributed by atoms with Gasteiger partial charge in [0.05, 0.1) is 17.9 Å². The number of alkyl halides is 1. The lowest BCUT2D eigenvalue weighted by atomic mass is 9.94. The first-order valence-corrected chi connectivity index (χ1v) is 15.5. The highest BCUT2D eigenvalue weighted by Gasteiger charge is 2.39. The number of halogens is 1. The number of rotatable bonds is 6. The van der Waals surface area contributed by atoms with Gasteiger partial charge in [0.15, 0.2) is 5.67 Å². The maximum absolute atomic E-state index is 14.7. The van der Waals surface area contributed by atoms with Crippen molar-refractivity contribution in [3.63, 3.8) is 0 Å². The van der Waals surface area contributed by atoms with Gasteiger partial charge in [0.2, 0.25) is 5.95 Å². The maximum atomic E-state index is 14.7. The molecule has 9 nitrogen and oxygen atoms in total. The van der Waals surface area contributed by atoms with Gasteiger partial charge in [-0.15, -0.1) is 0 Å². The smallest absolute Gasteiger partial charge is 0.227 e. The highest BCUT2D eigenvalue weighted by Crippen LogP contribution is 2.36. The van der Waals surface area contributed by atoms with E-state index in [2.05, 4.69) is 51.1 Å². The lowest BCUT2D eigenvalue weighted by Crippen LogP contribution is -2.52. The molecule has 11 heteroatoms. The van der Waals surface area contributed by atoms with E-state index in [0.717, 1.165) is 16.5 Å². The summed E-state index contributed by atoms with van der Waals surface area (Å²) < 4.78 is 38.8. The number of sulfone groups is 1. The van der Waals surface area contributed by atoms with Gasteiger partial charge in [0.1, 0.15) is 21.5 Å². The topological polar surface area (TPSA) is 112 Å². The van der Waals surface area contributed by atoms with E-state index in [9.17, 15) is 17.9 Å². The largest absolute Gasteiger partial charge is 0.390 e. The molecule has 0 unspecified atom stereocenters. The molecule has 0 bridgehead atoms. The molecule has 3 aromatic rings. The summed E-state index contributed by atoms with van der Waals surface area (Å²) in [6, 6.07) is 8.04. The number of fused-ring (bicyclic) bond motifs is 1. The molecule has 0 radical (unpaired) electrons. The monoisotopic (exact) mass is 556 g/mol. The molecule has 5 rings (SSSR count). The number of anilines is 4. The molecule has 0 spiro atoms. The van der Waals surface area contributed by atoms with Crippen molar-refractivity contribution in [2.24, 2.45) is 0 Å². The number of benzene rings is 1. The van der Waals surface area contributed by atoms with E-state index in [1.54, 1.807) is 17.2 Å². The maximum Gasteiger partial charge on any atom is 0.227 e. The molecule has 2 saturated heterocycles. The van der Waals surface area contributed by atoms with Crippen LogP contribution < -0.4 is 15.1 Å². The Morgan fingerprint density at radius 1 is 1.05 bits per heavy atom. The summed E-state index contributed by atoms with van der Waals surface area (Å²) in [7, 11) is -3.04. The molecule has 2 aromatic heterocycles. The number of pyridine rings is 1. The zero-order valence-corrected chi connectivity index (χ0v) is 23.7. The van der Waals surface area contributed by atoms with Crippen molar-refractivity contribution in [1.29, 1.82) is 0 Å². The summed E-state index contributed by atoms with van der Waals surface area (Å²) in [5.41, 5.74) is 0.532. The summed E-state index contributed by atoms with van der Waals surface area (Å²) in [5, 5.41) is 15.1. The Balaban J connectivity index is 1.41. The van der Waals surface area contributed by atoms with E-state index in [1.807, 2.05) is 12.3 Å². The minimum Gasteiger partial charge on any atom is -0.390 e. The molecule has 4 heterocycles. The first kappa shape index (κ1) is 27.5. The molecule has 2 aliphatic heterocycles. The van der Waals surface area contributed by atoms with Crippen molar-refractivity contribution in [2.45, 2.75) is 63.0 Å². The van der Waals surface area contributed by atoms with Gasteiger partial charge < -0.3 is 20.2 Å². The Bertz CT molecular complexity index is 1460. The van der Waals surface area contributed by atoms with E-state index < -0.39 is 21.6 Å². The van der Waals surface area contributed by atoms with Gasteiger partial charge in [0, 0.05) is 49.4 Å². The van der Waals surface area contributed by atoms with Crippen molar-refractivity contribution in [1.82, 2.24) is 15.0 Å². The second-order valence-corrected chi connectivity index (χ2v) is 13.7. The van der Waals surface area contributed by atoms with Gasteiger partial charge >= 0.3 is 0 Å². The number of hydrogen-bond donors (Lipinski definition) is 2. The minimum absolute atomic E-state index is 0.0216. The molecule has 210 valence electrons. The predicted molar refractivity (Wildman–Crippen MR) is 154 cm³/mol. The van der Waals surface area contributed by atoms with E-state index in [1.165, 1.54) is 18.7 Å². The van der Waals surface area contributed by atoms with E-state index in [0.29, 0.717) is 62.4 Å². The van der Waals surface area contributed by atoms with Crippen LogP contribution in [-0.4, -0.2) is 77.9 Å². The number of piperidine rings is 2. The SMILES string of the molecule is CC(C)c1ccc(N2CCC(S(C)(=O)=O)CC2)c2cnc(Nc3ccnc(N4CC[C@@H](O)[C@@](C)(F)C4)n3)cc12. The van der Waals surface area contributed by atoms with E-state index >= 15 is 0 Å². The van der Waals surface area contributed by atoms with Crippen LogP contribution >= 0.6 is 0 Å². The van der Waals surface area contributed by atoms with Crippen molar-refractivity contribution < 1.29 is 17.9 Å². The van der Waals surface area contributed by atoms with Gasteiger partial charge in [-0.25, -0.2) is 22.8 Å². The standard InChI is InChI=1S/C28H37FN6O3S/c1-18(2)20-5-6-23(34-12-8-19(9-13-34)39(4,37)38)22-16-31-26(15-21(20)22)32-25-7-11-30-27(33-25)35-14-10-24(36)28(3,29)17-35/h5-7,11,15-16,18-19,24,36H,8-10,12-14,17H2,1-4H3,(H,30,31,32,33)/t24-,28+/m1/s1. The second-order valence-electron chi connectivity index (χ2n) is 11.3. The van der Waals surface area contributed by atoms with Crippen LogP contribution in [-0.2, 0) is 9.84 Å². The molecular weight excluding hydrogens is 519 g/mol. The molecule has 0 aliphatic carbocycles. The number of aromatic nitrogens is 3. The van der Waals surface area contributed by atoms with Gasteiger partial charge in [-0.1, -0.05) is 19.9 Å². The minimum atomic E-state index is -3.04. The molecule has 1 aromatic carbocycles. The average Bonchev–Trinajstić information content (AvgIpc) is 2.89. The van der Waals surface area contributed by atoms with Crippen molar-refractivity contribution in [3.8, 4) is 0 Å². The quantitative estimate of drug-likeness (QED) is 0.461. The van der Waals surface area contributed by atoms with Gasteiger partial charge in [0.25, 0.3) is 0 Å². The zero-order chi connectivity index (χ0) is 27.9. The lowest BCUT2D eigenvalue weighted by Gasteiger charge is -2.38. The Kier molecular flexibility index (Phi) is 7.41. The summed E-state index contributed by atoms with van der Waals surface area (Å²) in [6.45, 7) is 7.58. The van der Waals surface area contributed by atoms with Crippen LogP contribution in [0.2, 0.25) is 0 Å². The lowest BCUT2D eigenvalue weighted by molar-refractivity contribution is -0.00860. The number of hydrogen-bond acceptors (Lipinski definition) is 9. The molecule has 2 fully saturated rings. The normalized spacial score (nSPS) is 23.0. The molecule has 39 heavy (non-hydrogen) atoms. The van der Waals surface area contributed by atoms with E-state index in [-0.39, 0.29) is 11.8 Å². The Hall–Kier alpha value is -3.05. The van der Waals surface area contributed by atoms with Crippen LogP contribution in [0.3, 0.4) is 0 Å². The molecule has 2 aliphatic rings. The van der Waals surface area contributed by atoms with Crippen LogP contribution in [0.25, 0.3) is 10.8 Å². The molecule has 0 amide bonds. The van der Waals surface area contributed by atoms with Crippen LogP contribution in [0.15, 0.2) is 36.7 Å². The first-order valence-electron chi connectivity index (χ1n) is 13.5. The number of aliphatic hydroxyl groups excluding tert-OH is 1. The van der Waals surface area contributed by atoms with Crippen LogP contribution in [0.1, 0.15) is 51.5 Å². The van der Waals surface area contributed by atoms with Gasteiger partial charge in [-0.05, 0) is 61.3 Å². The summed E-state index contributed by atoms with van der Waals surface area (Å²) in [4.78, 5) is 17.6. The first-order chi connectivity index (χ1) is 18.4. The summed E-state index contributed by atoms with van der Waals surface area (Å²) >= 11 is 0. The fraction of sp³-hybridized carbons (Fsp3) is 0.536. The third kappa shape index (κ3) is 5.79. The highest BCUT2D eigenvalue weighted by molar-refractivity contribution is 7.91. The van der Waals surface area contributed by atoms with Crippen LogP contribution in [0.4, 0.5) is 27.7 Å². The molecular formula is C28H37FN6O3S. The van der Waals surface area contributed by atoms with Crippen molar-refractivity contribution >= 4 is 43.9 Å². The zero-order valence-electron chi connectivity index (χ0n) is 22.9. The van der Waals surface area contributed by atoms with Crippen LogP contribution in [0, 0.1) is 0 Å². The highest BCUT2D eigenvalue weighted by atomic mass is 32.2. The second kappa shape index (κ2) is 10.5. The third-order valence-corrected chi connectivity index (χ3v) is 9.65. The number of nitrogens with zero attached hydrogens (tertiary/aromatic N) is 5. The molecule has 0 saturated carbocycles. The molecule has 2 N–H and O–H groups in total.